The molecule has 0 unspecified atom stereocenters. The van der Waals surface area contributed by atoms with Crippen molar-refractivity contribution in [2.45, 2.75) is 13.8 Å². The van der Waals surface area contributed by atoms with E-state index in [0.717, 1.165) is 0 Å². The maximum Gasteiger partial charge on any atom is 0.433 e. The molecule has 0 amide bonds. The van der Waals surface area contributed by atoms with Gasteiger partial charge in [0.1, 0.15) is 16.4 Å². The second-order valence-electron chi connectivity index (χ2n) is 5.38. The van der Waals surface area contributed by atoms with Gasteiger partial charge in [-0.25, -0.2) is 15.0 Å². The number of rotatable bonds is 4. The van der Waals surface area contributed by atoms with E-state index in [4.69, 9.17) is 4.42 Å². The zero-order chi connectivity index (χ0) is 17.4. The molecule has 0 aliphatic carbocycles. The molecule has 0 aliphatic rings. The quantitative estimate of drug-likeness (QED) is 0.311. The van der Waals surface area contributed by atoms with E-state index in [0.29, 0.717) is 28.7 Å². The average Bonchev–Trinajstić information content (AvgIpc) is 3.13. The van der Waals surface area contributed by atoms with Gasteiger partial charge in [-0.15, -0.1) is 5.10 Å². The van der Waals surface area contributed by atoms with E-state index < -0.39 is 4.92 Å². The molecule has 124 valence electrons. The Hall–Kier alpha value is -3.30. The van der Waals surface area contributed by atoms with Crippen LogP contribution >= 0.6 is 0 Å². The van der Waals surface area contributed by atoms with E-state index in [1.807, 2.05) is 14.1 Å². The third-order valence-corrected chi connectivity index (χ3v) is 3.21. The zero-order valence-corrected chi connectivity index (χ0v) is 13.6. The molecule has 0 aliphatic heterocycles. The van der Waals surface area contributed by atoms with Gasteiger partial charge in [0.15, 0.2) is 11.4 Å². The summed E-state index contributed by atoms with van der Waals surface area (Å²) in [4.78, 5) is 25.1. The molecule has 0 aromatic carbocycles. The van der Waals surface area contributed by atoms with Crippen molar-refractivity contribution in [2.24, 2.45) is 4.99 Å². The molecule has 0 saturated carbocycles. The number of furan rings is 1. The van der Waals surface area contributed by atoms with E-state index in [9.17, 15) is 10.1 Å². The van der Waals surface area contributed by atoms with Gasteiger partial charge in [-0.2, -0.15) is 4.52 Å². The van der Waals surface area contributed by atoms with Gasteiger partial charge < -0.3 is 9.32 Å². The summed E-state index contributed by atoms with van der Waals surface area (Å²) in [5, 5.41) is 15.1. The molecule has 0 atom stereocenters. The van der Waals surface area contributed by atoms with E-state index >= 15 is 0 Å². The lowest BCUT2D eigenvalue weighted by atomic mass is 10.2. The Bertz CT molecular complexity index is 955. The van der Waals surface area contributed by atoms with Gasteiger partial charge in [0, 0.05) is 19.7 Å². The summed E-state index contributed by atoms with van der Waals surface area (Å²) in [6.07, 6.45) is 1.59. The minimum absolute atomic E-state index is 0.281. The van der Waals surface area contributed by atoms with Crippen molar-refractivity contribution < 1.29 is 9.34 Å². The Kier molecular flexibility index (Phi) is 3.72. The lowest BCUT2D eigenvalue weighted by Crippen LogP contribution is -2.08. The fourth-order valence-corrected chi connectivity index (χ4v) is 2.18. The molecule has 24 heavy (non-hydrogen) atoms. The summed E-state index contributed by atoms with van der Waals surface area (Å²) in [7, 11) is 3.66. The fraction of sp³-hybridized carbons (Fsp3) is 0.286. The highest BCUT2D eigenvalue weighted by Crippen LogP contribution is 2.30. The molecule has 3 aromatic rings. The van der Waals surface area contributed by atoms with Crippen LogP contribution in [-0.4, -0.2) is 49.8 Å². The number of hydrogen-bond donors (Lipinski definition) is 0. The van der Waals surface area contributed by atoms with Crippen molar-refractivity contribution in [2.75, 3.05) is 14.1 Å². The zero-order valence-electron chi connectivity index (χ0n) is 13.6. The molecule has 3 heterocycles. The molecule has 0 N–H and O–H groups in total. The van der Waals surface area contributed by atoms with Crippen LogP contribution in [0.2, 0.25) is 0 Å². The first-order chi connectivity index (χ1) is 11.4. The van der Waals surface area contributed by atoms with Crippen LogP contribution in [0.25, 0.3) is 17.1 Å². The Balaban J connectivity index is 2.23. The summed E-state index contributed by atoms with van der Waals surface area (Å²) in [5.74, 6) is 0.813. The minimum Gasteiger partial charge on any atom is -0.399 e. The topological polar surface area (TPSA) is 115 Å². The number of hydrogen-bond acceptors (Lipinski definition) is 7. The Labute approximate surface area is 136 Å². The van der Waals surface area contributed by atoms with Crippen LogP contribution in [0.1, 0.15) is 11.4 Å². The predicted molar refractivity (Wildman–Crippen MR) is 86.5 cm³/mol. The molecular formula is C14H15N7O3. The minimum atomic E-state index is -0.594. The standard InChI is InChI=1S/C14H15N7O3/c1-8-12(10-5-6-11(24-10)21(22)23)17-14(15-7-19(3)4)20-13(8)16-9(2)18-20/h5-7H,1-4H3. The Morgan fingerprint density at radius 2 is 2.08 bits per heavy atom. The lowest BCUT2D eigenvalue weighted by Gasteiger charge is -2.07. The largest absolute Gasteiger partial charge is 0.433 e. The molecule has 3 rings (SSSR count). The van der Waals surface area contributed by atoms with Gasteiger partial charge >= 0.3 is 5.88 Å². The van der Waals surface area contributed by atoms with Crippen LogP contribution in [0, 0.1) is 24.0 Å². The van der Waals surface area contributed by atoms with Crippen LogP contribution < -0.4 is 0 Å². The maximum atomic E-state index is 10.8. The Morgan fingerprint density at radius 1 is 1.33 bits per heavy atom. The van der Waals surface area contributed by atoms with Crippen LogP contribution in [-0.2, 0) is 0 Å². The number of aromatic nitrogens is 4. The normalized spacial score (nSPS) is 11.5. The van der Waals surface area contributed by atoms with Crippen LogP contribution in [0.15, 0.2) is 21.5 Å². The smallest absolute Gasteiger partial charge is 0.399 e. The van der Waals surface area contributed by atoms with Crippen molar-refractivity contribution in [1.82, 2.24) is 24.5 Å². The van der Waals surface area contributed by atoms with Crippen LogP contribution in [0.4, 0.5) is 11.8 Å². The van der Waals surface area contributed by atoms with Crippen molar-refractivity contribution in [3.63, 3.8) is 0 Å². The van der Waals surface area contributed by atoms with Gasteiger partial charge in [0.05, 0.1) is 12.4 Å². The van der Waals surface area contributed by atoms with Gasteiger partial charge in [0.25, 0.3) is 5.95 Å². The molecule has 3 aromatic heterocycles. The number of aryl methyl sites for hydroxylation is 2. The highest BCUT2D eigenvalue weighted by molar-refractivity contribution is 5.69. The monoisotopic (exact) mass is 329 g/mol. The van der Waals surface area contributed by atoms with E-state index in [-0.39, 0.29) is 11.6 Å². The highest BCUT2D eigenvalue weighted by atomic mass is 16.6. The molecule has 10 heteroatoms. The van der Waals surface area contributed by atoms with Crippen molar-refractivity contribution in [3.8, 4) is 11.5 Å². The van der Waals surface area contributed by atoms with Gasteiger partial charge in [-0.05, 0) is 19.9 Å². The lowest BCUT2D eigenvalue weighted by molar-refractivity contribution is -0.401. The summed E-state index contributed by atoms with van der Waals surface area (Å²) >= 11 is 0. The van der Waals surface area contributed by atoms with Gasteiger partial charge in [0.2, 0.25) is 0 Å². The predicted octanol–water partition coefficient (Wildman–Crippen LogP) is 2.13. The fourth-order valence-electron chi connectivity index (χ4n) is 2.18. The third-order valence-electron chi connectivity index (χ3n) is 3.21. The average molecular weight is 329 g/mol. The molecular weight excluding hydrogens is 314 g/mol. The summed E-state index contributed by atoms with van der Waals surface area (Å²) in [5.41, 5.74) is 1.71. The molecule has 0 fully saturated rings. The summed E-state index contributed by atoms with van der Waals surface area (Å²) in [6, 6.07) is 2.80. The first-order valence-corrected chi connectivity index (χ1v) is 7.06. The van der Waals surface area contributed by atoms with E-state index in [1.165, 1.54) is 16.6 Å². The molecule has 0 saturated heterocycles. The number of nitro groups is 1. The SMILES string of the molecule is Cc1nc2c(C)c(-c3ccc([N+](=O)[O-])o3)nc(N=CN(C)C)n2n1. The first kappa shape index (κ1) is 15.6. The van der Waals surface area contributed by atoms with Crippen molar-refractivity contribution >= 4 is 23.8 Å². The maximum absolute atomic E-state index is 10.8. The number of aliphatic imine (C=N–C) groups is 1. The Morgan fingerprint density at radius 3 is 2.71 bits per heavy atom. The number of fused-ring (bicyclic) bond motifs is 1. The molecule has 0 bridgehead atoms. The highest BCUT2D eigenvalue weighted by Gasteiger charge is 2.20. The van der Waals surface area contributed by atoms with Crippen molar-refractivity contribution in [3.05, 3.63) is 33.6 Å². The molecule has 0 spiro atoms. The second kappa shape index (κ2) is 5.72. The van der Waals surface area contributed by atoms with Gasteiger partial charge in [-0.1, -0.05) is 0 Å². The molecule has 10 nitrogen and oxygen atoms in total. The third kappa shape index (κ3) is 2.69. The first-order valence-electron chi connectivity index (χ1n) is 7.06. The summed E-state index contributed by atoms with van der Waals surface area (Å²) in [6.45, 7) is 3.57. The second-order valence-corrected chi connectivity index (χ2v) is 5.38. The van der Waals surface area contributed by atoms with Crippen molar-refractivity contribution in [1.29, 1.82) is 0 Å². The van der Waals surface area contributed by atoms with E-state index in [2.05, 4.69) is 20.1 Å². The van der Waals surface area contributed by atoms with Gasteiger partial charge in [-0.3, -0.25) is 10.1 Å². The number of nitrogens with zero attached hydrogens (tertiary/aromatic N) is 7. The van der Waals surface area contributed by atoms with Crippen LogP contribution in [0.5, 0.6) is 0 Å². The van der Waals surface area contributed by atoms with Crippen LogP contribution in [0.3, 0.4) is 0 Å². The summed E-state index contributed by atoms with van der Waals surface area (Å²) < 4.78 is 6.80. The van der Waals surface area contributed by atoms with E-state index in [1.54, 1.807) is 25.1 Å². The molecule has 0 radical (unpaired) electrons.